The van der Waals surface area contributed by atoms with E-state index in [1.54, 1.807) is 53.3 Å². The number of benzene rings is 2. The molecular weight excluding hydrogens is 445 g/mol. The van der Waals surface area contributed by atoms with Crippen molar-refractivity contribution < 1.29 is 22.3 Å². The third-order valence-electron chi connectivity index (χ3n) is 6.41. The number of aromatic nitrogens is 2. The number of carbonyl (C=O) groups excluding carboxylic acids is 1. The van der Waals surface area contributed by atoms with Gasteiger partial charge in [-0.1, -0.05) is 18.2 Å². The maximum absolute atomic E-state index is 13.4. The van der Waals surface area contributed by atoms with Crippen LogP contribution in [-0.4, -0.2) is 48.7 Å². The van der Waals surface area contributed by atoms with Gasteiger partial charge in [-0.2, -0.15) is 9.40 Å². The van der Waals surface area contributed by atoms with Gasteiger partial charge in [0.15, 0.2) is 0 Å². The number of esters is 1. The summed E-state index contributed by atoms with van der Waals surface area (Å²) in [5, 5.41) is 4.45. The highest BCUT2D eigenvalue weighted by Crippen LogP contribution is 2.46. The largest absolute Gasteiger partial charge is 0.468 e. The number of piperidine rings is 1. The van der Waals surface area contributed by atoms with Gasteiger partial charge in [0, 0.05) is 13.1 Å². The monoisotopic (exact) mass is 467 g/mol. The minimum absolute atomic E-state index is 0.0100. The molecule has 0 radical (unpaired) electrons. The summed E-state index contributed by atoms with van der Waals surface area (Å²) in [7, 11) is -2.45. The van der Waals surface area contributed by atoms with Crippen molar-refractivity contribution in [2.24, 2.45) is 5.41 Å². The van der Waals surface area contributed by atoms with Gasteiger partial charge in [0.25, 0.3) is 0 Å². The number of rotatable bonds is 4. The first-order valence-electron chi connectivity index (χ1n) is 10.5. The number of carbonyl (C=O) groups is 1. The zero-order valence-electron chi connectivity index (χ0n) is 17.9. The van der Waals surface area contributed by atoms with E-state index in [-0.39, 0.29) is 30.2 Å². The third-order valence-corrected chi connectivity index (χ3v) is 8.27. The average Bonchev–Trinajstić information content (AvgIpc) is 3.24. The highest BCUT2D eigenvalue weighted by Gasteiger charge is 2.51. The van der Waals surface area contributed by atoms with E-state index in [4.69, 9.17) is 4.74 Å². The highest BCUT2D eigenvalue weighted by molar-refractivity contribution is 7.89. The SMILES string of the molecule is COC(=O)C12Cc3cnn(-c4ccc(F)cc4)c3C=C1CCN(S(=O)(=O)c1ccccc1)C2. The second-order valence-electron chi connectivity index (χ2n) is 8.26. The molecule has 1 aliphatic carbocycles. The van der Waals surface area contributed by atoms with Crippen molar-refractivity contribution in [3.8, 4) is 5.69 Å². The predicted octanol–water partition coefficient (Wildman–Crippen LogP) is 3.20. The molecule has 0 N–H and O–H groups in total. The van der Waals surface area contributed by atoms with Gasteiger partial charge in [0.05, 0.1) is 29.6 Å². The van der Waals surface area contributed by atoms with Gasteiger partial charge in [-0.05, 0) is 66.5 Å². The Bertz CT molecular complexity index is 1350. The van der Waals surface area contributed by atoms with E-state index < -0.39 is 21.4 Å². The summed E-state index contributed by atoms with van der Waals surface area (Å²) < 4.78 is 48.2. The summed E-state index contributed by atoms with van der Waals surface area (Å²) in [5.74, 6) is -0.809. The van der Waals surface area contributed by atoms with Gasteiger partial charge in [0.2, 0.25) is 10.0 Å². The predicted molar refractivity (Wildman–Crippen MR) is 119 cm³/mol. The molecule has 1 saturated heterocycles. The number of hydrogen-bond donors (Lipinski definition) is 0. The molecule has 1 atom stereocenters. The molecule has 2 heterocycles. The summed E-state index contributed by atoms with van der Waals surface area (Å²) in [5.41, 5.74) is 1.98. The number of methoxy groups -OCH3 is 1. The summed E-state index contributed by atoms with van der Waals surface area (Å²) in [6.07, 6.45) is 4.22. The zero-order chi connectivity index (χ0) is 23.2. The minimum Gasteiger partial charge on any atom is -0.468 e. The quantitative estimate of drug-likeness (QED) is 0.551. The summed E-state index contributed by atoms with van der Waals surface area (Å²) in [4.78, 5) is 13.3. The molecular formula is C24H22FN3O4S. The topological polar surface area (TPSA) is 81.5 Å². The Balaban J connectivity index is 1.55. The lowest BCUT2D eigenvalue weighted by molar-refractivity contribution is -0.151. The molecule has 1 fully saturated rings. The summed E-state index contributed by atoms with van der Waals surface area (Å²) in [6.45, 7) is 0.242. The Labute approximate surface area is 191 Å². The van der Waals surface area contributed by atoms with Crippen LogP contribution in [0.3, 0.4) is 0 Å². The highest BCUT2D eigenvalue weighted by atomic mass is 32.2. The molecule has 3 aromatic rings. The molecule has 0 spiro atoms. The van der Waals surface area contributed by atoms with Crippen molar-refractivity contribution in [2.75, 3.05) is 20.2 Å². The number of ether oxygens (including phenoxy) is 1. The lowest BCUT2D eigenvalue weighted by Crippen LogP contribution is -2.53. The molecule has 2 aromatic carbocycles. The number of hydrogen-bond acceptors (Lipinski definition) is 5. The summed E-state index contributed by atoms with van der Waals surface area (Å²) >= 11 is 0. The van der Waals surface area contributed by atoms with Crippen LogP contribution in [0.5, 0.6) is 0 Å². The van der Waals surface area contributed by atoms with Crippen LogP contribution in [-0.2, 0) is 26.0 Å². The van der Waals surface area contributed by atoms with Crippen LogP contribution in [0.2, 0.25) is 0 Å². The molecule has 0 saturated carbocycles. The first-order chi connectivity index (χ1) is 15.8. The number of halogens is 1. The average molecular weight is 468 g/mol. The fraction of sp³-hybridized carbons (Fsp3) is 0.250. The first-order valence-corrected chi connectivity index (χ1v) is 12.0. The Kier molecular flexibility index (Phi) is 5.18. The normalized spacial score (nSPS) is 20.5. The fourth-order valence-electron chi connectivity index (χ4n) is 4.72. The zero-order valence-corrected chi connectivity index (χ0v) is 18.8. The van der Waals surface area contributed by atoms with Gasteiger partial charge in [-0.3, -0.25) is 4.79 Å². The van der Waals surface area contributed by atoms with Crippen LogP contribution in [0.15, 0.2) is 71.3 Å². The van der Waals surface area contributed by atoms with E-state index in [0.29, 0.717) is 12.1 Å². The van der Waals surface area contributed by atoms with Crippen molar-refractivity contribution in [2.45, 2.75) is 17.7 Å². The van der Waals surface area contributed by atoms with E-state index in [0.717, 1.165) is 16.8 Å². The Hall–Kier alpha value is -3.30. The molecule has 0 amide bonds. The van der Waals surface area contributed by atoms with Crippen LogP contribution in [0, 0.1) is 11.2 Å². The van der Waals surface area contributed by atoms with E-state index in [1.165, 1.54) is 23.5 Å². The van der Waals surface area contributed by atoms with Crippen molar-refractivity contribution in [1.29, 1.82) is 0 Å². The molecule has 5 rings (SSSR count). The molecule has 9 heteroatoms. The Morgan fingerprint density at radius 1 is 1.12 bits per heavy atom. The standard InChI is InChI=1S/C24H22FN3O4S/c1-32-23(29)24-14-17-15-26-28(20-9-7-19(25)8-10-20)22(17)13-18(24)11-12-27(16-24)33(30,31)21-5-3-2-4-6-21/h2-10,13,15H,11-12,14,16H2,1H3. The molecule has 1 aromatic heterocycles. The number of fused-ring (bicyclic) bond motifs is 2. The van der Waals surface area contributed by atoms with Gasteiger partial charge in [-0.25, -0.2) is 17.5 Å². The molecule has 0 bridgehead atoms. The molecule has 170 valence electrons. The lowest BCUT2D eigenvalue weighted by atomic mass is 9.69. The molecule has 7 nitrogen and oxygen atoms in total. The van der Waals surface area contributed by atoms with E-state index in [9.17, 15) is 17.6 Å². The second kappa shape index (κ2) is 7.93. The van der Waals surface area contributed by atoms with Gasteiger partial charge in [0.1, 0.15) is 11.2 Å². The van der Waals surface area contributed by atoms with Gasteiger partial charge >= 0.3 is 5.97 Å². The number of sulfonamides is 1. The maximum atomic E-state index is 13.4. The Morgan fingerprint density at radius 3 is 2.55 bits per heavy atom. The van der Waals surface area contributed by atoms with E-state index in [1.807, 2.05) is 6.08 Å². The third kappa shape index (κ3) is 3.48. The fourth-order valence-corrected chi connectivity index (χ4v) is 6.24. The van der Waals surface area contributed by atoms with Crippen LogP contribution in [0.1, 0.15) is 17.7 Å². The molecule has 33 heavy (non-hydrogen) atoms. The molecule has 2 aliphatic rings. The van der Waals surface area contributed by atoms with E-state index in [2.05, 4.69) is 5.10 Å². The second-order valence-corrected chi connectivity index (χ2v) is 10.2. The molecule has 1 unspecified atom stereocenters. The lowest BCUT2D eigenvalue weighted by Gasteiger charge is -2.43. The first kappa shape index (κ1) is 21.5. The van der Waals surface area contributed by atoms with Crippen molar-refractivity contribution in [3.05, 3.63) is 83.4 Å². The van der Waals surface area contributed by atoms with Crippen LogP contribution in [0.25, 0.3) is 11.8 Å². The van der Waals surface area contributed by atoms with Crippen molar-refractivity contribution in [3.63, 3.8) is 0 Å². The Morgan fingerprint density at radius 2 is 1.85 bits per heavy atom. The summed E-state index contributed by atoms with van der Waals surface area (Å²) in [6, 6.07) is 14.2. The van der Waals surface area contributed by atoms with Gasteiger partial charge in [-0.15, -0.1) is 0 Å². The van der Waals surface area contributed by atoms with Crippen LogP contribution in [0.4, 0.5) is 4.39 Å². The van der Waals surface area contributed by atoms with Crippen molar-refractivity contribution >= 4 is 22.1 Å². The van der Waals surface area contributed by atoms with Crippen LogP contribution < -0.4 is 0 Å². The van der Waals surface area contributed by atoms with E-state index >= 15 is 0 Å². The van der Waals surface area contributed by atoms with Crippen molar-refractivity contribution in [1.82, 2.24) is 14.1 Å². The maximum Gasteiger partial charge on any atom is 0.317 e. The number of nitrogens with zero attached hydrogens (tertiary/aromatic N) is 3. The molecule has 1 aliphatic heterocycles. The minimum atomic E-state index is -3.77. The van der Waals surface area contributed by atoms with Crippen LogP contribution >= 0.6 is 0 Å². The smallest absolute Gasteiger partial charge is 0.317 e. The van der Waals surface area contributed by atoms with Gasteiger partial charge < -0.3 is 4.74 Å².